The van der Waals surface area contributed by atoms with Crippen LogP contribution in [0.4, 0.5) is 5.69 Å². The first-order valence-electron chi connectivity index (χ1n) is 10.6. The van der Waals surface area contributed by atoms with E-state index in [1.165, 1.54) is 0 Å². The topological polar surface area (TPSA) is 69.6 Å². The average Bonchev–Trinajstić information content (AvgIpc) is 2.76. The van der Waals surface area contributed by atoms with Crippen LogP contribution in [0.25, 0.3) is 10.8 Å². The molecule has 0 radical (unpaired) electrons. The van der Waals surface area contributed by atoms with Gasteiger partial charge in [0.2, 0.25) is 0 Å². The summed E-state index contributed by atoms with van der Waals surface area (Å²) in [4.78, 5) is 26.0. The largest absolute Gasteiger partial charge is 0.496 e. The van der Waals surface area contributed by atoms with E-state index >= 15 is 0 Å². The molecular formula is C25H28N2O4. The molecule has 162 valence electrons. The van der Waals surface area contributed by atoms with Gasteiger partial charge >= 0.3 is 0 Å². The summed E-state index contributed by atoms with van der Waals surface area (Å²) in [5.41, 5.74) is 2.96. The van der Waals surface area contributed by atoms with Crippen molar-refractivity contribution in [3.63, 3.8) is 0 Å². The second-order valence-corrected chi connectivity index (χ2v) is 8.19. The molecule has 2 heterocycles. The first-order valence-corrected chi connectivity index (χ1v) is 10.6. The number of pyridine rings is 1. The number of methoxy groups -OCH3 is 1. The van der Waals surface area contributed by atoms with Crippen LogP contribution in [-0.2, 0) is 11.3 Å². The van der Waals surface area contributed by atoms with E-state index in [1.54, 1.807) is 11.7 Å². The first kappa shape index (κ1) is 21.1. The van der Waals surface area contributed by atoms with Crippen LogP contribution in [0.3, 0.4) is 0 Å². The van der Waals surface area contributed by atoms with Gasteiger partial charge in [-0.3, -0.25) is 9.59 Å². The summed E-state index contributed by atoms with van der Waals surface area (Å²) >= 11 is 0. The minimum absolute atomic E-state index is 0.0313. The number of amides is 1. The van der Waals surface area contributed by atoms with Crippen molar-refractivity contribution in [2.45, 2.75) is 33.2 Å². The Balaban J connectivity index is 1.62. The zero-order valence-electron chi connectivity index (χ0n) is 18.2. The van der Waals surface area contributed by atoms with Crippen molar-refractivity contribution in [3.8, 4) is 5.75 Å². The quantitative estimate of drug-likeness (QED) is 0.668. The fourth-order valence-corrected chi connectivity index (χ4v) is 4.38. The number of aromatic nitrogens is 1. The fourth-order valence-electron chi connectivity index (χ4n) is 4.38. The molecule has 1 aliphatic rings. The van der Waals surface area contributed by atoms with Gasteiger partial charge in [0.15, 0.2) is 0 Å². The number of nitrogens with zero attached hydrogens (tertiary/aromatic N) is 1. The van der Waals surface area contributed by atoms with Crippen molar-refractivity contribution >= 4 is 22.4 Å². The molecule has 0 unspecified atom stereocenters. The Bertz CT molecular complexity index is 1150. The number of carbonyl (C=O) groups excluding carboxylic acids is 1. The Morgan fingerprint density at radius 2 is 1.84 bits per heavy atom. The molecule has 1 N–H and O–H groups in total. The van der Waals surface area contributed by atoms with Crippen LogP contribution in [0.1, 0.15) is 34.3 Å². The number of anilines is 1. The van der Waals surface area contributed by atoms with Gasteiger partial charge in [-0.1, -0.05) is 6.07 Å². The van der Waals surface area contributed by atoms with Crippen LogP contribution in [0.15, 0.2) is 47.4 Å². The van der Waals surface area contributed by atoms with Crippen LogP contribution in [0.5, 0.6) is 5.75 Å². The third-order valence-electron chi connectivity index (χ3n) is 5.99. The molecule has 1 aliphatic heterocycles. The van der Waals surface area contributed by atoms with E-state index in [9.17, 15) is 9.59 Å². The zero-order chi connectivity index (χ0) is 22.0. The van der Waals surface area contributed by atoms with E-state index in [1.807, 2.05) is 56.4 Å². The Morgan fingerprint density at radius 3 is 2.52 bits per heavy atom. The zero-order valence-corrected chi connectivity index (χ0v) is 18.2. The predicted octanol–water partition coefficient (Wildman–Crippen LogP) is 4.31. The Labute approximate surface area is 181 Å². The van der Waals surface area contributed by atoms with Crippen LogP contribution >= 0.6 is 0 Å². The Kier molecular flexibility index (Phi) is 6.09. The second kappa shape index (κ2) is 8.94. The first-order chi connectivity index (χ1) is 15.0. The van der Waals surface area contributed by atoms with E-state index in [0.717, 1.165) is 48.3 Å². The highest BCUT2D eigenvalue weighted by Crippen LogP contribution is 2.26. The number of carbonyl (C=O) groups is 1. The Hall–Kier alpha value is -3.12. The molecule has 1 saturated heterocycles. The summed E-state index contributed by atoms with van der Waals surface area (Å²) in [6, 6.07) is 11.0. The standard InChI is InChI=1S/C25H28N2O4/c1-16-13-19(14-17(2)23(16)30-3)24(28)26-22-6-4-5-21-20(22)7-10-27(25(21)29)15-18-8-11-31-12-9-18/h4-7,10,13-14,18H,8-9,11-12,15H2,1-3H3,(H,26,28). The number of nitrogens with one attached hydrogen (secondary N) is 1. The third kappa shape index (κ3) is 4.35. The molecule has 2 aromatic carbocycles. The highest BCUT2D eigenvalue weighted by atomic mass is 16.5. The number of benzene rings is 2. The molecule has 0 saturated carbocycles. The number of hydrogen-bond donors (Lipinski definition) is 1. The summed E-state index contributed by atoms with van der Waals surface area (Å²) in [5, 5.41) is 4.32. The number of aryl methyl sites for hydroxylation is 2. The summed E-state index contributed by atoms with van der Waals surface area (Å²) in [7, 11) is 1.63. The van der Waals surface area contributed by atoms with E-state index in [-0.39, 0.29) is 11.5 Å². The van der Waals surface area contributed by atoms with Gasteiger partial charge in [-0.05, 0) is 74.1 Å². The van der Waals surface area contributed by atoms with Gasteiger partial charge in [0, 0.05) is 48.0 Å². The van der Waals surface area contributed by atoms with Gasteiger partial charge in [-0.15, -0.1) is 0 Å². The maximum Gasteiger partial charge on any atom is 0.258 e. The van der Waals surface area contributed by atoms with Gasteiger partial charge in [0.25, 0.3) is 11.5 Å². The highest BCUT2D eigenvalue weighted by Gasteiger charge is 2.17. The van der Waals surface area contributed by atoms with Gasteiger partial charge in [0.05, 0.1) is 7.11 Å². The lowest BCUT2D eigenvalue weighted by atomic mass is 10.00. The second-order valence-electron chi connectivity index (χ2n) is 8.19. The summed E-state index contributed by atoms with van der Waals surface area (Å²) in [5.74, 6) is 1.02. The number of fused-ring (bicyclic) bond motifs is 1. The third-order valence-corrected chi connectivity index (χ3v) is 5.99. The van der Waals surface area contributed by atoms with Crippen molar-refractivity contribution < 1.29 is 14.3 Å². The number of rotatable bonds is 5. The van der Waals surface area contributed by atoms with Crippen LogP contribution < -0.4 is 15.6 Å². The maximum absolute atomic E-state index is 13.1. The molecule has 6 nitrogen and oxygen atoms in total. The van der Waals surface area contributed by atoms with Gasteiger partial charge < -0.3 is 19.4 Å². The summed E-state index contributed by atoms with van der Waals surface area (Å²) in [6.45, 7) is 6.04. The summed E-state index contributed by atoms with van der Waals surface area (Å²) < 4.78 is 12.6. The van der Waals surface area contributed by atoms with Crippen molar-refractivity contribution in [2.24, 2.45) is 5.92 Å². The molecule has 0 spiro atoms. The molecule has 3 aromatic rings. The molecule has 0 bridgehead atoms. The number of hydrogen-bond acceptors (Lipinski definition) is 4. The molecular weight excluding hydrogens is 392 g/mol. The molecule has 6 heteroatoms. The monoisotopic (exact) mass is 420 g/mol. The average molecular weight is 421 g/mol. The molecule has 4 rings (SSSR count). The van der Waals surface area contributed by atoms with Gasteiger partial charge in [-0.2, -0.15) is 0 Å². The number of ether oxygens (including phenoxy) is 2. The van der Waals surface area contributed by atoms with Crippen molar-refractivity contribution in [1.29, 1.82) is 0 Å². The predicted molar refractivity (Wildman–Crippen MR) is 122 cm³/mol. The summed E-state index contributed by atoms with van der Waals surface area (Å²) in [6.07, 6.45) is 3.78. The van der Waals surface area contributed by atoms with Crippen molar-refractivity contribution in [2.75, 3.05) is 25.6 Å². The smallest absolute Gasteiger partial charge is 0.258 e. The normalized spacial score (nSPS) is 14.5. The molecule has 1 amide bonds. The lowest BCUT2D eigenvalue weighted by Crippen LogP contribution is -2.27. The molecule has 1 fully saturated rings. The fraction of sp³-hybridized carbons (Fsp3) is 0.360. The highest BCUT2D eigenvalue weighted by molar-refractivity contribution is 6.09. The van der Waals surface area contributed by atoms with Crippen molar-refractivity contribution in [1.82, 2.24) is 4.57 Å². The van der Waals surface area contributed by atoms with E-state index < -0.39 is 0 Å². The van der Waals surface area contributed by atoms with Gasteiger partial charge in [-0.25, -0.2) is 0 Å². The lowest BCUT2D eigenvalue weighted by Gasteiger charge is -2.23. The van der Waals surface area contributed by atoms with E-state index in [2.05, 4.69) is 5.32 Å². The van der Waals surface area contributed by atoms with E-state index in [4.69, 9.17) is 9.47 Å². The minimum Gasteiger partial charge on any atom is -0.496 e. The SMILES string of the molecule is COc1c(C)cc(C(=O)Nc2cccc3c(=O)n(CC4CCOCC4)ccc23)cc1C. The lowest BCUT2D eigenvalue weighted by molar-refractivity contribution is 0.0610. The van der Waals surface area contributed by atoms with Gasteiger partial charge in [0.1, 0.15) is 5.75 Å². The molecule has 0 aliphatic carbocycles. The molecule has 1 aromatic heterocycles. The molecule has 31 heavy (non-hydrogen) atoms. The Morgan fingerprint density at radius 1 is 1.13 bits per heavy atom. The van der Waals surface area contributed by atoms with Crippen LogP contribution in [0.2, 0.25) is 0 Å². The van der Waals surface area contributed by atoms with Crippen LogP contribution in [-0.4, -0.2) is 30.8 Å². The van der Waals surface area contributed by atoms with E-state index in [0.29, 0.717) is 29.1 Å². The molecule has 0 atom stereocenters. The minimum atomic E-state index is -0.215. The van der Waals surface area contributed by atoms with Crippen molar-refractivity contribution in [3.05, 3.63) is 69.6 Å². The maximum atomic E-state index is 13.1. The van der Waals surface area contributed by atoms with Crippen LogP contribution in [0, 0.1) is 19.8 Å².